The number of nitrogens with one attached hydrogen (secondary N) is 1. The summed E-state index contributed by atoms with van der Waals surface area (Å²) in [6, 6.07) is 23.7. The second kappa shape index (κ2) is 6.41. The summed E-state index contributed by atoms with van der Waals surface area (Å²) in [6.07, 6.45) is 1.82. The molecule has 2 atom stereocenters. The van der Waals surface area contributed by atoms with E-state index < -0.39 is 4.87 Å². The quantitative estimate of drug-likeness (QED) is 0.497. The van der Waals surface area contributed by atoms with Gasteiger partial charge in [0.15, 0.2) is 4.87 Å². The van der Waals surface area contributed by atoms with Gasteiger partial charge >= 0.3 is 0 Å². The Balaban J connectivity index is 1.66. The van der Waals surface area contributed by atoms with Gasteiger partial charge in [-0.1, -0.05) is 74.1 Å². The van der Waals surface area contributed by atoms with Crippen LogP contribution in [-0.4, -0.2) is 11.4 Å². The Bertz CT molecular complexity index is 1240. The van der Waals surface area contributed by atoms with Gasteiger partial charge < -0.3 is 10.2 Å². The minimum atomic E-state index is -0.793. The molecule has 0 bridgehead atoms. The van der Waals surface area contributed by atoms with Crippen LogP contribution in [0.5, 0.6) is 0 Å². The van der Waals surface area contributed by atoms with Gasteiger partial charge in [-0.3, -0.25) is 4.79 Å². The number of para-hydroxylation sites is 1. The van der Waals surface area contributed by atoms with Crippen LogP contribution in [0.15, 0.2) is 71.6 Å². The van der Waals surface area contributed by atoms with Crippen LogP contribution >= 0.6 is 11.8 Å². The Kier molecular flexibility index (Phi) is 3.99. The molecular weight excluding hydrogens is 412 g/mol. The maximum atomic E-state index is 14.3. The predicted molar refractivity (Wildman–Crippen MR) is 132 cm³/mol. The zero-order chi connectivity index (χ0) is 22.3. The summed E-state index contributed by atoms with van der Waals surface area (Å²) >= 11 is 1.67. The fourth-order valence-electron chi connectivity index (χ4n) is 6.14. The van der Waals surface area contributed by atoms with E-state index in [0.29, 0.717) is 0 Å². The number of rotatable bonds is 2. The minimum Gasteiger partial charge on any atom is -0.358 e. The van der Waals surface area contributed by atoms with Crippen LogP contribution in [0.2, 0.25) is 0 Å². The highest BCUT2D eigenvalue weighted by Crippen LogP contribution is 2.63. The van der Waals surface area contributed by atoms with Gasteiger partial charge in [-0.2, -0.15) is 0 Å². The van der Waals surface area contributed by atoms with Crippen LogP contribution < -0.4 is 10.2 Å². The molecule has 0 unspecified atom stereocenters. The maximum Gasteiger partial charge on any atom is 0.268 e. The Hall–Kier alpha value is -2.72. The second-order valence-corrected chi connectivity index (χ2v) is 11.4. The van der Waals surface area contributed by atoms with Gasteiger partial charge in [0.1, 0.15) is 0 Å². The number of aryl methyl sites for hydroxylation is 1. The van der Waals surface area contributed by atoms with Crippen molar-refractivity contribution in [3.63, 3.8) is 0 Å². The predicted octanol–water partition coefficient (Wildman–Crippen LogP) is 6.45. The molecule has 0 saturated heterocycles. The number of benzene rings is 3. The van der Waals surface area contributed by atoms with Gasteiger partial charge in [-0.05, 0) is 61.6 Å². The standard InChI is InChI=1S/C28H28N2OS/c1-5-18-15-20-24-21(16-18)28(29-22-13-9-10-14-23(22)32-28)25(31)30(24)26(2,3)17-27(20,4)19-11-7-6-8-12-19/h6-16,29H,5,17H2,1-4H3/t27-,28+/m1/s1. The Morgan fingerprint density at radius 2 is 1.66 bits per heavy atom. The van der Waals surface area contributed by atoms with Gasteiger partial charge in [0.2, 0.25) is 0 Å². The number of carbonyl (C=O) groups is 1. The first-order chi connectivity index (χ1) is 15.3. The molecular formula is C28H28N2OS. The van der Waals surface area contributed by atoms with E-state index in [4.69, 9.17) is 0 Å². The van der Waals surface area contributed by atoms with Gasteiger partial charge in [0.25, 0.3) is 5.91 Å². The average molecular weight is 441 g/mol. The molecule has 1 N–H and O–H groups in total. The Morgan fingerprint density at radius 1 is 0.969 bits per heavy atom. The van der Waals surface area contributed by atoms with E-state index in [1.54, 1.807) is 11.8 Å². The van der Waals surface area contributed by atoms with E-state index in [-0.39, 0.29) is 16.9 Å². The zero-order valence-electron chi connectivity index (χ0n) is 19.0. The van der Waals surface area contributed by atoms with Crippen LogP contribution in [0.4, 0.5) is 11.4 Å². The lowest BCUT2D eigenvalue weighted by molar-refractivity contribution is -0.120. The van der Waals surface area contributed by atoms with Gasteiger partial charge in [-0.25, -0.2) is 0 Å². The van der Waals surface area contributed by atoms with Crippen LogP contribution in [-0.2, 0) is 21.5 Å². The van der Waals surface area contributed by atoms with Gasteiger partial charge in [-0.15, -0.1) is 0 Å². The van der Waals surface area contributed by atoms with Crippen molar-refractivity contribution in [1.82, 2.24) is 0 Å². The molecule has 0 aromatic heterocycles. The SMILES string of the molecule is CCc1cc2c3c(c1)[C@@]1(Nc4ccccc4S1)C(=O)N3C(C)(C)C[C@]2(C)c1ccccc1. The number of hydrogen-bond donors (Lipinski definition) is 1. The first kappa shape index (κ1) is 19.9. The van der Waals surface area contributed by atoms with Crippen molar-refractivity contribution >= 4 is 29.0 Å². The summed E-state index contributed by atoms with van der Waals surface area (Å²) in [5, 5.41) is 3.66. The van der Waals surface area contributed by atoms with E-state index in [1.165, 1.54) is 16.7 Å². The number of amides is 1. The summed E-state index contributed by atoms with van der Waals surface area (Å²) in [4.78, 5) is 16.7. The number of thioether (sulfide) groups is 1. The fourth-order valence-corrected chi connectivity index (χ4v) is 7.45. The summed E-state index contributed by atoms with van der Waals surface area (Å²) in [7, 11) is 0. The highest BCUT2D eigenvalue weighted by molar-refractivity contribution is 8.01. The first-order valence-corrected chi connectivity index (χ1v) is 12.3. The van der Waals surface area contributed by atoms with Crippen molar-refractivity contribution < 1.29 is 4.79 Å². The molecule has 0 radical (unpaired) electrons. The monoisotopic (exact) mass is 440 g/mol. The molecule has 162 valence electrons. The Morgan fingerprint density at radius 3 is 2.38 bits per heavy atom. The van der Waals surface area contributed by atoms with Crippen LogP contribution in [0.3, 0.4) is 0 Å². The molecule has 0 saturated carbocycles. The molecule has 3 aromatic rings. The highest BCUT2D eigenvalue weighted by atomic mass is 32.2. The molecule has 4 heteroatoms. The van der Waals surface area contributed by atoms with E-state index in [2.05, 4.69) is 92.5 Å². The van der Waals surface area contributed by atoms with E-state index >= 15 is 0 Å². The lowest BCUT2D eigenvalue weighted by Crippen LogP contribution is -2.56. The van der Waals surface area contributed by atoms with Crippen molar-refractivity contribution in [3.8, 4) is 0 Å². The molecule has 3 heterocycles. The molecule has 32 heavy (non-hydrogen) atoms. The summed E-state index contributed by atoms with van der Waals surface area (Å²) in [6.45, 7) is 9.00. The molecule has 1 spiro atoms. The highest BCUT2D eigenvalue weighted by Gasteiger charge is 2.62. The fraction of sp³-hybridized carbons (Fsp3) is 0.321. The lowest BCUT2D eigenvalue weighted by Gasteiger charge is -2.50. The average Bonchev–Trinajstić information content (AvgIpc) is 3.29. The topological polar surface area (TPSA) is 32.3 Å². The van der Waals surface area contributed by atoms with Crippen LogP contribution in [0, 0.1) is 0 Å². The Labute approximate surface area is 194 Å². The van der Waals surface area contributed by atoms with Crippen molar-refractivity contribution in [2.45, 2.75) is 61.3 Å². The molecule has 3 aliphatic heterocycles. The molecule has 3 aromatic carbocycles. The smallest absolute Gasteiger partial charge is 0.268 e. The van der Waals surface area contributed by atoms with Crippen LogP contribution in [0.25, 0.3) is 0 Å². The summed E-state index contributed by atoms with van der Waals surface area (Å²) < 4.78 is 0. The second-order valence-electron chi connectivity index (χ2n) is 10.1. The third kappa shape index (κ3) is 2.42. The normalized spacial score (nSPS) is 26.8. The summed E-state index contributed by atoms with van der Waals surface area (Å²) in [5.74, 6) is 0.156. The van der Waals surface area contributed by atoms with Gasteiger partial charge in [0.05, 0.1) is 5.69 Å². The molecule has 1 amide bonds. The number of anilines is 2. The number of nitrogens with zero attached hydrogens (tertiary/aromatic N) is 1. The molecule has 0 fully saturated rings. The van der Waals surface area contributed by atoms with E-state index in [9.17, 15) is 4.79 Å². The number of hydrogen-bond acceptors (Lipinski definition) is 3. The summed E-state index contributed by atoms with van der Waals surface area (Å²) in [5.41, 5.74) is 6.68. The van der Waals surface area contributed by atoms with Crippen molar-refractivity contribution in [1.29, 1.82) is 0 Å². The van der Waals surface area contributed by atoms with Gasteiger partial charge in [0, 0.05) is 27.1 Å². The number of carbonyl (C=O) groups excluding carboxylic acids is 1. The third-order valence-corrected chi connectivity index (χ3v) is 8.92. The molecule has 0 aliphatic carbocycles. The first-order valence-electron chi connectivity index (χ1n) is 11.4. The largest absolute Gasteiger partial charge is 0.358 e. The molecule has 6 rings (SSSR count). The van der Waals surface area contributed by atoms with Crippen molar-refractivity contribution in [2.24, 2.45) is 0 Å². The number of fused-ring (bicyclic) bond motifs is 2. The lowest BCUT2D eigenvalue weighted by atomic mass is 9.65. The minimum absolute atomic E-state index is 0.156. The zero-order valence-corrected chi connectivity index (χ0v) is 19.8. The maximum absolute atomic E-state index is 14.3. The molecule has 3 nitrogen and oxygen atoms in total. The molecule has 3 aliphatic rings. The third-order valence-electron chi connectivity index (χ3n) is 7.54. The van der Waals surface area contributed by atoms with E-state index in [1.807, 2.05) is 12.1 Å². The van der Waals surface area contributed by atoms with Crippen LogP contribution in [0.1, 0.15) is 56.4 Å². The van der Waals surface area contributed by atoms with Crippen molar-refractivity contribution in [3.05, 3.63) is 89.0 Å². The van der Waals surface area contributed by atoms with E-state index in [0.717, 1.165) is 34.7 Å². The van der Waals surface area contributed by atoms with Crippen molar-refractivity contribution in [2.75, 3.05) is 10.2 Å².